The maximum atomic E-state index is 5.37. The molecule has 0 bridgehead atoms. The number of aryl methyl sites for hydroxylation is 4. The smallest absolute Gasteiger partial charge is 0.0715 e. The van der Waals surface area contributed by atoms with Crippen molar-refractivity contribution in [3.63, 3.8) is 0 Å². The molecule has 0 aliphatic heterocycles. The van der Waals surface area contributed by atoms with Crippen LogP contribution in [0.5, 0.6) is 0 Å². The lowest BCUT2D eigenvalue weighted by Gasteiger charge is -2.14. The molecule has 0 radical (unpaired) electrons. The van der Waals surface area contributed by atoms with Crippen molar-refractivity contribution in [2.75, 3.05) is 49.5 Å². The molecule has 0 fully saturated rings. The summed E-state index contributed by atoms with van der Waals surface area (Å²) in [6, 6.07) is 63.7. The first-order valence-electron chi connectivity index (χ1n) is 20.9. The summed E-state index contributed by atoms with van der Waals surface area (Å²) in [4.78, 5) is 5.37. The van der Waals surface area contributed by atoms with Gasteiger partial charge in [-0.3, -0.25) is 0 Å². The Morgan fingerprint density at radius 2 is 0.733 bits per heavy atom. The maximum absolute atomic E-state index is 5.37. The standard InChI is InChI=1S/C55H53N5/c1-56-50-26-28-52(58-3)47(34-50)24-22-38-12-8-16-41(30-38)43-18-10-20-45(32-43)54-36-49(40-14-6-5-7-15-40)37-55(60-54)46-21-11-19-44(33-46)42-17-9-13-39(31-42)23-25-48-35-51(57-2)27-29-53(48)59-4/h5-21,26-37,56-59H,22-25H2,1-4H3. The Labute approximate surface area is 355 Å². The quantitative estimate of drug-likeness (QED) is 0.0834. The monoisotopic (exact) mass is 783 g/mol. The van der Waals surface area contributed by atoms with Crippen LogP contribution in [-0.4, -0.2) is 33.2 Å². The summed E-state index contributed by atoms with van der Waals surface area (Å²) in [5.41, 5.74) is 21.0. The fourth-order valence-electron chi connectivity index (χ4n) is 8.11. The molecule has 0 unspecified atom stereocenters. The first-order valence-corrected chi connectivity index (χ1v) is 20.9. The van der Waals surface area contributed by atoms with Crippen molar-refractivity contribution in [2.45, 2.75) is 25.7 Å². The van der Waals surface area contributed by atoms with Gasteiger partial charge in [0.2, 0.25) is 0 Å². The van der Waals surface area contributed by atoms with Crippen molar-refractivity contribution in [3.05, 3.63) is 198 Å². The molecule has 5 heteroatoms. The van der Waals surface area contributed by atoms with Crippen LogP contribution in [0.2, 0.25) is 0 Å². The van der Waals surface area contributed by atoms with E-state index in [1.54, 1.807) is 0 Å². The predicted molar refractivity (Wildman–Crippen MR) is 257 cm³/mol. The Morgan fingerprint density at radius 3 is 1.18 bits per heavy atom. The van der Waals surface area contributed by atoms with Crippen LogP contribution in [-0.2, 0) is 25.7 Å². The number of rotatable bonds is 15. The Balaban J connectivity index is 1.08. The number of nitrogens with zero attached hydrogens (tertiary/aromatic N) is 1. The van der Waals surface area contributed by atoms with Crippen molar-refractivity contribution >= 4 is 22.7 Å². The molecule has 0 saturated carbocycles. The summed E-state index contributed by atoms with van der Waals surface area (Å²) in [6.07, 6.45) is 3.80. The molecule has 0 amide bonds. The summed E-state index contributed by atoms with van der Waals surface area (Å²) < 4.78 is 0. The molecule has 0 aliphatic carbocycles. The summed E-state index contributed by atoms with van der Waals surface area (Å²) in [5, 5.41) is 13.3. The van der Waals surface area contributed by atoms with E-state index >= 15 is 0 Å². The molecule has 8 aromatic rings. The van der Waals surface area contributed by atoms with Crippen LogP contribution >= 0.6 is 0 Å². The van der Waals surface area contributed by atoms with Crippen molar-refractivity contribution in [1.82, 2.24) is 4.98 Å². The summed E-state index contributed by atoms with van der Waals surface area (Å²) >= 11 is 0. The van der Waals surface area contributed by atoms with Gasteiger partial charge in [-0.2, -0.15) is 0 Å². The molecule has 60 heavy (non-hydrogen) atoms. The molecule has 0 aliphatic rings. The average molecular weight is 784 g/mol. The number of hydrogen-bond donors (Lipinski definition) is 4. The van der Waals surface area contributed by atoms with Crippen molar-refractivity contribution < 1.29 is 0 Å². The molecule has 1 heterocycles. The Hall–Kier alpha value is -7.11. The molecular formula is C55H53N5. The highest BCUT2D eigenvalue weighted by Gasteiger charge is 2.13. The van der Waals surface area contributed by atoms with E-state index in [1.165, 1.54) is 61.4 Å². The van der Waals surface area contributed by atoms with E-state index in [4.69, 9.17) is 4.98 Å². The maximum Gasteiger partial charge on any atom is 0.0715 e. The van der Waals surface area contributed by atoms with E-state index in [0.29, 0.717) is 0 Å². The summed E-state index contributed by atoms with van der Waals surface area (Å²) in [5.74, 6) is 0. The minimum Gasteiger partial charge on any atom is -0.388 e. The van der Waals surface area contributed by atoms with E-state index in [0.717, 1.165) is 65.1 Å². The second kappa shape index (κ2) is 18.6. The van der Waals surface area contributed by atoms with Gasteiger partial charge in [-0.25, -0.2) is 4.98 Å². The SMILES string of the molecule is CNc1ccc(NC)c(CCc2cccc(-c3cccc(-c4cc(-c5ccccc5)cc(-c5cccc(-c6cccc(CCc7cc(NC)ccc7NC)c6)c5)n4)c3)c2)c1. The molecular weight excluding hydrogens is 731 g/mol. The third-order valence-corrected chi connectivity index (χ3v) is 11.5. The highest BCUT2D eigenvalue weighted by atomic mass is 14.8. The van der Waals surface area contributed by atoms with Crippen molar-refractivity contribution in [3.8, 4) is 55.9 Å². The van der Waals surface area contributed by atoms with E-state index < -0.39 is 0 Å². The van der Waals surface area contributed by atoms with Gasteiger partial charge >= 0.3 is 0 Å². The van der Waals surface area contributed by atoms with Crippen LogP contribution < -0.4 is 21.3 Å². The highest BCUT2D eigenvalue weighted by molar-refractivity contribution is 5.80. The van der Waals surface area contributed by atoms with E-state index in [2.05, 4.69) is 197 Å². The second-order valence-electron chi connectivity index (χ2n) is 15.3. The van der Waals surface area contributed by atoms with Crippen LogP contribution in [0.15, 0.2) is 176 Å². The molecule has 4 N–H and O–H groups in total. The fraction of sp³-hybridized carbons (Fsp3) is 0.145. The molecule has 0 atom stereocenters. The molecule has 298 valence electrons. The zero-order valence-electron chi connectivity index (χ0n) is 35.0. The lowest BCUT2D eigenvalue weighted by atomic mass is 9.95. The molecule has 0 saturated heterocycles. The number of pyridine rings is 1. The molecule has 0 spiro atoms. The predicted octanol–water partition coefficient (Wildman–Crippen LogP) is 13.2. The number of hydrogen-bond acceptors (Lipinski definition) is 5. The van der Waals surface area contributed by atoms with Gasteiger partial charge in [0.1, 0.15) is 0 Å². The van der Waals surface area contributed by atoms with Crippen LogP contribution in [0.3, 0.4) is 0 Å². The van der Waals surface area contributed by atoms with Gasteiger partial charge in [0, 0.05) is 62.1 Å². The topological polar surface area (TPSA) is 61.0 Å². The second-order valence-corrected chi connectivity index (χ2v) is 15.3. The zero-order chi connectivity index (χ0) is 41.3. The lowest BCUT2D eigenvalue weighted by molar-refractivity contribution is 0.961. The van der Waals surface area contributed by atoms with Crippen LogP contribution in [0.4, 0.5) is 22.7 Å². The van der Waals surface area contributed by atoms with Crippen molar-refractivity contribution in [2.24, 2.45) is 0 Å². The van der Waals surface area contributed by atoms with Crippen LogP contribution in [0.1, 0.15) is 22.3 Å². The van der Waals surface area contributed by atoms with Gasteiger partial charge in [0.15, 0.2) is 0 Å². The Bertz CT molecular complexity index is 2550. The van der Waals surface area contributed by atoms with E-state index in [-0.39, 0.29) is 0 Å². The third-order valence-electron chi connectivity index (χ3n) is 11.5. The molecule has 5 nitrogen and oxygen atoms in total. The van der Waals surface area contributed by atoms with Gasteiger partial charge in [-0.05, 0) is 142 Å². The number of aromatic nitrogens is 1. The lowest BCUT2D eigenvalue weighted by Crippen LogP contribution is -2.00. The largest absolute Gasteiger partial charge is 0.388 e. The molecule has 8 rings (SSSR count). The Morgan fingerprint density at radius 1 is 0.317 bits per heavy atom. The Kier molecular flexibility index (Phi) is 12.3. The zero-order valence-corrected chi connectivity index (χ0v) is 35.0. The number of anilines is 4. The van der Waals surface area contributed by atoms with Gasteiger partial charge in [-0.15, -0.1) is 0 Å². The van der Waals surface area contributed by atoms with Gasteiger partial charge in [0.05, 0.1) is 11.4 Å². The van der Waals surface area contributed by atoms with Crippen molar-refractivity contribution in [1.29, 1.82) is 0 Å². The summed E-state index contributed by atoms with van der Waals surface area (Å²) in [7, 11) is 7.92. The minimum atomic E-state index is 0.948. The van der Waals surface area contributed by atoms with Crippen LogP contribution in [0, 0.1) is 0 Å². The first-order chi connectivity index (χ1) is 29.5. The average Bonchev–Trinajstić information content (AvgIpc) is 3.32. The van der Waals surface area contributed by atoms with E-state index in [9.17, 15) is 0 Å². The highest BCUT2D eigenvalue weighted by Crippen LogP contribution is 2.34. The molecule has 1 aromatic heterocycles. The van der Waals surface area contributed by atoms with Gasteiger partial charge < -0.3 is 21.3 Å². The van der Waals surface area contributed by atoms with Gasteiger partial charge in [-0.1, -0.05) is 115 Å². The third kappa shape index (κ3) is 9.27. The normalized spacial score (nSPS) is 10.9. The number of benzene rings is 7. The van der Waals surface area contributed by atoms with Crippen LogP contribution in [0.25, 0.3) is 55.9 Å². The minimum absolute atomic E-state index is 0.948. The van der Waals surface area contributed by atoms with Gasteiger partial charge in [0.25, 0.3) is 0 Å². The summed E-state index contributed by atoms with van der Waals surface area (Å²) in [6.45, 7) is 0. The van der Waals surface area contributed by atoms with E-state index in [1.807, 2.05) is 28.2 Å². The number of nitrogens with one attached hydrogen (secondary N) is 4. The fourth-order valence-corrected chi connectivity index (χ4v) is 8.11. The first kappa shape index (κ1) is 39.7. The molecule has 7 aromatic carbocycles.